The van der Waals surface area contributed by atoms with Gasteiger partial charge in [0.05, 0.1) is 24.8 Å². The maximum Gasteiger partial charge on any atom is 0.227 e. The van der Waals surface area contributed by atoms with Crippen LogP contribution in [0, 0.1) is 12.8 Å². The highest BCUT2D eigenvalue weighted by Gasteiger charge is 2.33. The molecule has 3 aliphatic rings. The fourth-order valence-electron chi connectivity index (χ4n) is 4.94. The number of morpholine rings is 1. The van der Waals surface area contributed by atoms with Gasteiger partial charge in [-0.05, 0) is 51.3 Å². The molecule has 1 aromatic rings. The lowest BCUT2D eigenvalue weighted by Crippen LogP contribution is -2.52. The molecule has 1 amide bonds. The van der Waals surface area contributed by atoms with Crippen molar-refractivity contribution in [3.63, 3.8) is 0 Å². The maximum atomic E-state index is 12.9. The number of nitrogens with zero attached hydrogens (tertiary/aromatic N) is 4. The molecular weight excluding hydrogens is 352 g/mol. The molecule has 0 aromatic carbocycles. The number of carbonyl (C=O) groups excluding carboxylic acids is 1. The van der Waals surface area contributed by atoms with Crippen LogP contribution in [0.4, 0.5) is 0 Å². The average Bonchev–Trinajstić information content (AvgIpc) is 2.74. The van der Waals surface area contributed by atoms with Crippen molar-refractivity contribution in [2.45, 2.75) is 45.2 Å². The predicted octanol–water partition coefficient (Wildman–Crippen LogP) is 1.93. The first-order chi connectivity index (χ1) is 13.7. The van der Waals surface area contributed by atoms with E-state index in [0.717, 1.165) is 64.3 Å². The number of carbonyl (C=O) groups is 1. The first kappa shape index (κ1) is 19.8. The smallest absolute Gasteiger partial charge is 0.227 e. The number of hydrogen-bond donors (Lipinski definition) is 0. The van der Waals surface area contributed by atoms with Crippen LogP contribution in [0.5, 0.6) is 0 Å². The quantitative estimate of drug-likeness (QED) is 0.791. The van der Waals surface area contributed by atoms with Crippen LogP contribution in [0.3, 0.4) is 0 Å². The summed E-state index contributed by atoms with van der Waals surface area (Å²) in [4.78, 5) is 24.7. The normalized spacial score (nSPS) is 25.8. The second-order valence-electron chi connectivity index (χ2n) is 8.55. The fourth-order valence-corrected chi connectivity index (χ4v) is 4.94. The first-order valence-corrected chi connectivity index (χ1v) is 10.9. The van der Waals surface area contributed by atoms with Crippen molar-refractivity contribution in [2.24, 2.45) is 5.92 Å². The van der Waals surface area contributed by atoms with E-state index >= 15 is 0 Å². The highest BCUT2D eigenvalue weighted by atomic mass is 16.5. The Morgan fingerprint density at radius 2 is 1.89 bits per heavy atom. The summed E-state index contributed by atoms with van der Waals surface area (Å²) in [6, 6.07) is 6.91. The molecule has 0 N–H and O–H groups in total. The lowest BCUT2D eigenvalue weighted by atomic mass is 9.92. The van der Waals surface area contributed by atoms with E-state index < -0.39 is 0 Å². The van der Waals surface area contributed by atoms with Crippen LogP contribution in [-0.4, -0.2) is 84.1 Å². The molecule has 154 valence electrons. The molecule has 0 aliphatic carbocycles. The summed E-state index contributed by atoms with van der Waals surface area (Å²) in [6.07, 6.45) is 4.59. The molecule has 0 bridgehead atoms. The molecule has 3 saturated heterocycles. The fraction of sp³-hybridized carbons (Fsp3) is 0.727. The van der Waals surface area contributed by atoms with Gasteiger partial charge in [-0.2, -0.15) is 0 Å². The first-order valence-electron chi connectivity index (χ1n) is 10.9. The highest BCUT2D eigenvalue weighted by molar-refractivity contribution is 5.79. The zero-order chi connectivity index (χ0) is 19.3. The number of piperidine rings is 2. The SMILES string of the molecule is Cc1cccc(CN2CCC(N3CCC[C@H](C(=O)N4CCOCC4)C3)CC2)n1. The van der Waals surface area contributed by atoms with E-state index in [1.807, 2.05) is 4.90 Å². The third kappa shape index (κ3) is 4.91. The molecule has 0 radical (unpaired) electrons. The number of aromatic nitrogens is 1. The van der Waals surface area contributed by atoms with Gasteiger partial charge in [0, 0.05) is 51.0 Å². The summed E-state index contributed by atoms with van der Waals surface area (Å²) in [7, 11) is 0. The third-order valence-electron chi connectivity index (χ3n) is 6.53. The Morgan fingerprint density at radius 3 is 2.64 bits per heavy atom. The van der Waals surface area contributed by atoms with Gasteiger partial charge >= 0.3 is 0 Å². The second kappa shape index (κ2) is 9.33. The Balaban J connectivity index is 1.26. The number of aryl methyl sites for hydroxylation is 1. The van der Waals surface area contributed by atoms with Gasteiger partial charge in [-0.3, -0.25) is 19.6 Å². The number of ether oxygens (including phenoxy) is 1. The minimum Gasteiger partial charge on any atom is -0.378 e. The monoisotopic (exact) mass is 386 g/mol. The Kier molecular flexibility index (Phi) is 6.60. The molecule has 4 heterocycles. The zero-order valence-electron chi connectivity index (χ0n) is 17.2. The average molecular weight is 387 g/mol. The molecule has 1 atom stereocenters. The van der Waals surface area contributed by atoms with Gasteiger partial charge in [0.25, 0.3) is 0 Å². The molecule has 0 unspecified atom stereocenters. The van der Waals surface area contributed by atoms with Gasteiger partial charge in [0.15, 0.2) is 0 Å². The number of pyridine rings is 1. The lowest BCUT2D eigenvalue weighted by Gasteiger charge is -2.43. The van der Waals surface area contributed by atoms with Crippen molar-refractivity contribution in [3.05, 3.63) is 29.6 Å². The topological polar surface area (TPSA) is 48.9 Å². The van der Waals surface area contributed by atoms with Crippen molar-refractivity contribution < 1.29 is 9.53 Å². The van der Waals surface area contributed by atoms with E-state index in [9.17, 15) is 4.79 Å². The number of likely N-dealkylation sites (tertiary alicyclic amines) is 2. The van der Waals surface area contributed by atoms with Crippen LogP contribution in [0.1, 0.15) is 37.1 Å². The van der Waals surface area contributed by atoms with Crippen LogP contribution in [0.25, 0.3) is 0 Å². The van der Waals surface area contributed by atoms with Gasteiger partial charge in [0.1, 0.15) is 0 Å². The van der Waals surface area contributed by atoms with Crippen LogP contribution in [0.15, 0.2) is 18.2 Å². The Bertz CT molecular complexity index is 654. The minimum absolute atomic E-state index is 0.182. The summed E-state index contributed by atoms with van der Waals surface area (Å²) >= 11 is 0. The second-order valence-corrected chi connectivity index (χ2v) is 8.55. The molecular formula is C22H34N4O2. The van der Waals surface area contributed by atoms with Crippen molar-refractivity contribution in [1.29, 1.82) is 0 Å². The van der Waals surface area contributed by atoms with Gasteiger partial charge in [-0.1, -0.05) is 6.07 Å². The Hall–Kier alpha value is -1.50. The summed E-state index contributed by atoms with van der Waals surface area (Å²) in [5.74, 6) is 0.539. The molecule has 6 heteroatoms. The Morgan fingerprint density at radius 1 is 1.11 bits per heavy atom. The number of rotatable bonds is 4. The number of amides is 1. The Labute approximate surface area is 168 Å². The van der Waals surface area contributed by atoms with E-state index in [4.69, 9.17) is 4.74 Å². The van der Waals surface area contributed by atoms with E-state index in [2.05, 4.69) is 39.9 Å². The van der Waals surface area contributed by atoms with Crippen molar-refractivity contribution >= 4 is 5.91 Å². The summed E-state index contributed by atoms with van der Waals surface area (Å²) < 4.78 is 5.40. The van der Waals surface area contributed by atoms with E-state index in [-0.39, 0.29) is 5.92 Å². The van der Waals surface area contributed by atoms with Crippen molar-refractivity contribution in [2.75, 3.05) is 52.5 Å². The van der Waals surface area contributed by atoms with Gasteiger partial charge < -0.3 is 9.64 Å². The van der Waals surface area contributed by atoms with Gasteiger partial charge in [-0.15, -0.1) is 0 Å². The van der Waals surface area contributed by atoms with Gasteiger partial charge in [0.2, 0.25) is 5.91 Å². The van der Waals surface area contributed by atoms with E-state index in [1.165, 1.54) is 18.5 Å². The molecule has 0 saturated carbocycles. The lowest BCUT2D eigenvalue weighted by molar-refractivity contribution is -0.142. The largest absolute Gasteiger partial charge is 0.378 e. The summed E-state index contributed by atoms with van der Waals surface area (Å²) in [5.41, 5.74) is 2.27. The van der Waals surface area contributed by atoms with Crippen LogP contribution < -0.4 is 0 Å². The zero-order valence-corrected chi connectivity index (χ0v) is 17.2. The van der Waals surface area contributed by atoms with Crippen molar-refractivity contribution in [1.82, 2.24) is 19.7 Å². The predicted molar refractivity (Wildman–Crippen MR) is 109 cm³/mol. The molecule has 1 aromatic heterocycles. The molecule has 4 rings (SSSR count). The standard InChI is InChI=1S/C22H34N4O2/c1-18-4-2-6-20(23-18)17-24-10-7-21(8-11-24)26-9-3-5-19(16-26)22(27)25-12-14-28-15-13-25/h2,4,6,19,21H,3,5,7-17H2,1H3/t19-/m0/s1. The molecule has 3 fully saturated rings. The van der Waals surface area contributed by atoms with Crippen LogP contribution in [0.2, 0.25) is 0 Å². The van der Waals surface area contributed by atoms with Crippen LogP contribution in [-0.2, 0) is 16.1 Å². The van der Waals surface area contributed by atoms with Crippen LogP contribution >= 0.6 is 0 Å². The molecule has 3 aliphatic heterocycles. The summed E-state index contributed by atoms with van der Waals surface area (Å²) in [6.45, 7) is 10.3. The molecule has 0 spiro atoms. The summed E-state index contributed by atoms with van der Waals surface area (Å²) in [5, 5.41) is 0. The maximum absolute atomic E-state index is 12.9. The minimum atomic E-state index is 0.182. The number of hydrogen-bond acceptors (Lipinski definition) is 5. The van der Waals surface area contributed by atoms with Gasteiger partial charge in [-0.25, -0.2) is 0 Å². The molecule has 28 heavy (non-hydrogen) atoms. The van der Waals surface area contributed by atoms with E-state index in [0.29, 0.717) is 25.2 Å². The van der Waals surface area contributed by atoms with E-state index in [1.54, 1.807) is 0 Å². The highest BCUT2D eigenvalue weighted by Crippen LogP contribution is 2.26. The molecule has 6 nitrogen and oxygen atoms in total. The third-order valence-corrected chi connectivity index (χ3v) is 6.53. The van der Waals surface area contributed by atoms with Crippen molar-refractivity contribution in [3.8, 4) is 0 Å².